The van der Waals surface area contributed by atoms with Crippen LogP contribution < -0.4 is 10.9 Å². The second-order valence-corrected chi connectivity index (χ2v) is 8.11. The number of nitrogens with zero attached hydrogens (tertiary/aromatic N) is 2. The maximum atomic E-state index is 12.1. The third-order valence-corrected chi connectivity index (χ3v) is 6.14. The number of thiocarbonyl (C=S) groups is 1. The van der Waals surface area contributed by atoms with E-state index in [1.165, 1.54) is 6.08 Å². The standard InChI is InChI=1S/C19H19N3O2S2/c23-17(7-6-15-3-2-8-26-15)20-19(25)21-10-13-9-14(12-21)16-4-1-5-18(24)22(16)11-13/h1-8,13-14H,9-12H2,(H,20,23,25)/b7-6+/t13-,14+/m0/s1. The number of likely N-dealkylation sites (tertiary alicyclic amines) is 1. The Morgan fingerprint density at radius 1 is 1.23 bits per heavy atom. The third kappa shape index (κ3) is 3.50. The van der Waals surface area contributed by atoms with Gasteiger partial charge < -0.3 is 9.47 Å². The van der Waals surface area contributed by atoms with E-state index in [-0.39, 0.29) is 17.4 Å². The van der Waals surface area contributed by atoms with Gasteiger partial charge in [-0.2, -0.15) is 0 Å². The summed E-state index contributed by atoms with van der Waals surface area (Å²) >= 11 is 7.04. The lowest BCUT2D eigenvalue weighted by molar-refractivity contribution is -0.115. The van der Waals surface area contributed by atoms with Crippen molar-refractivity contribution in [3.8, 4) is 0 Å². The molecule has 0 spiro atoms. The molecular weight excluding hydrogens is 366 g/mol. The molecule has 1 fully saturated rings. The highest BCUT2D eigenvalue weighted by atomic mass is 32.1. The summed E-state index contributed by atoms with van der Waals surface area (Å²) in [5.41, 5.74) is 1.14. The number of aromatic nitrogens is 1. The second-order valence-electron chi connectivity index (χ2n) is 6.75. The number of rotatable bonds is 2. The van der Waals surface area contributed by atoms with Crippen molar-refractivity contribution in [1.82, 2.24) is 14.8 Å². The van der Waals surface area contributed by atoms with Crippen LogP contribution in [0.25, 0.3) is 6.08 Å². The van der Waals surface area contributed by atoms with Gasteiger partial charge in [-0.15, -0.1) is 11.3 Å². The number of thiophene rings is 1. The van der Waals surface area contributed by atoms with Gasteiger partial charge in [0.15, 0.2) is 5.11 Å². The minimum absolute atomic E-state index is 0.0697. The molecule has 4 heterocycles. The van der Waals surface area contributed by atoms with E-state index < -0.39 is 0 Å². The SMILES string of the molecule is O=C(/C=C/c1cccs1)NC(=S)N1C[C@@H]2C[C@H](C1)c1cccc(=O)n1C2. The molecule has 134 valence electrons. The zero-order valence-corrected chi connectivity index (χ0v) is 15.8. The number of pyridine rings is 1. The first-order valence-corrected chi connectivity index (χ1v) is 9.90. The Balaban J connectivity index is 1.42. The van der Waals surface area contributed by atoms with Crippen LogP contribution in [-0.4, -0.2) is 33.6 Å². The Morgan fingerprint density at radius 3 is 2.92 bits per heavy atom. The Morgan fingerprint density at radius 2 is 2.12 bits per heavy atom. The highest BCUT2D eigenvalue weighted by Crippen LogP contribution is 2.34. The van der Waals surface area contributed by atoms with Crippen LogP contribution in [0, 0.1) is 5.92 Å². The summed E-state index contributed by atoms with van der Waals surface area (Å²) in [6.45, 7) is 2.22. The molecule has 0 radical (unpaired) electrons. The minimum atomic E-state index is -0.212. The molecule has 26 heavy (non-hydrogen) atoms. The van der Waals surface area contributed by atoms with E-state index in [1.807, 2.05) is 34.2 Å². The predicted molar refractivity (Wildman–Crippen MR) is 107 cm³/mol. The number of fused-ring (bicyclic) bond motifs is 4. The van der Waals surface area contributed by atoms with Gasteiger partial charge in [-0.25, -0.2) is 0 Å². The first-order chi connectivity index (χ1) is 12.6. The molecule has 1 saturated heterocycles. The Hall–Kier alpha value is -2.25. The molecule has 2 atom stereocenters. The lowest BCUT2D eigenvalue weighted by Gasteiger charge is -2.43. The predicted octanol–water partition coefficient (Wildman–Crippen LogP) is 2.44. The fraction of sp³-hybridized carbons (Fsp3) is 0.316. The van der Waals surface area contributed by atoms with Crippen molar-refractivity contribution < 1.29 is 4.79 Å². The van der Waals surface area contributed by atoms with E-state index in [9.17, 15) is 9.59 Å². The fourth-order valence-electron chi connectivity index (χ4n) is 3.83. The molecule has 1 N–H and O–H groups in total. The van der Waals surface area contributed by atoms with E-state index in [0.29, 0.717) is 11.0 Å². The van der Waals surface area contributed by atoms with Crippen molar-refractivity contribution in [1.29, 1.82) is 0 Å². The van der Waals surface area contributed by atoms with E-state index in [2.05, 4.69) is 10.2 Å². The quantitative estimate of drug-likeness (QED) is 0.637. The fourth-order valence-corrected chi connectivity index (χ4v) is 4.70. The van der Waals surface area contributed by atoms with Crippen LogP contribution in [0.5, 0.6) is 0 Å². The molecular formula is C19H19N3O2S2. The zero-order chi connectivity index (χ0) is 18.1. The van der Waals surface area contributed by atoms with E-state index in [1.54, 1.807) is 23.5 Å². The minimum Gasteiger partial charge on any atom is -0.348 e. The van der Waals surface area contributed by atoms with Gasteiger partial charge in [-0.1, -0.05) is 12.1 Å². The molecule has 0 aliphatic carbocycles. The molecule has 0 unspecified atom stereocenters. The van der Waals surface area contributed by atoms with Gasteiger partial charge in [0.1, 0.15) is 0 Å². The maximum absolute atomic E-state index is 12.1. The topological polar surface area (TPSA) is 54.3 Å². The number of nitrogens with one attached hydrogen (secondary N) is 1. The van der Waals surface area contributed by atoms with Crippen LogP contribution in [0.1, 0.15) is 22.9 Å². The molecule has 4 rings (SSSR count). The number of hydrogen-bond acceptors (Lipinski definition) is 4. The number of amides is 1. The van der Waals surface area contributed by atoms with Crippen molar-refractivity contribution in [3.05, 3.63) is 62.7 Å². The van der Waals surface area contributed by atoms with Crippen molar-refractivity contribution in [3.63, 3.8) is 0 Å². The highest BCUT2D eigenvalue weighted by Gasteiger charge is 2.35. The first-order valence-electron chi connectivity index (χ1n) is 8.61. The van der Waals surface area contributed by atoms with E-state index >= 15 is 0 Å². The summed E-state index contributed by atoms with van der Waals surface area (Å²) in [4.78, 5) is 27.3. The van der Waals surface area contributed by atoms with Gasteiger partial charge in [-0.05, 0) is 48.1 Å². The van der Waals surface area contributed by atoms with Crippen LogP contribution in [0.2, 0.25) is 0 Å². The largest absolute Gasteiger partial charge is 0.348 e. The van der Waals surface area contributed by atoms with Gasteiger partial charge in [0.05, 0.1) is 0 Å². The first kappa shape index (κ1) is 17.2. The van der Waals surface area contributed by atoms with Crippen LogP contribution >= 0.6 is 23.6 Å². The monoisotopic (exact) mass is 385 g/mol. The number of hydrogen-bond donors (Lipinski definition) is 1. The summed E-state index contributed by atoms with van der Waals surface area (Å²) in [5.74, 6) is 0.432. The molecule has 5 nitrogen and oxygen atoms in total. The molecule has 1 amide bonds. The summed E-state index contributed by atoms with van der Waals surface area (Å²) in [6.07, 6.45) is 4.36. The normalized spacial score (nSPS) is 21.5. The van der Waals surface area contributed by atoms with E-state index in [4.69, 9.17) is 12.2 Å². The molecule has 2 aromatic rings. The van der Waals surface area contributed by atoms with Crippen molar-refractivity contribution in [2.24, 2.45) is 5.92 Å². The lowest BCUT2D eigenvalue weighted by atomic mass is 9.83. The van der Waals surface area contributed by atoms with Crippen LogP contribution in [-0.2, 0) is 11.3 Å². The van der Waals surface area contributed by atoms with Gasteiger partial charge in [0.25, 0.3) is 5.56 Å². The van der Waals surface area contributed by atoms with E-state index in [0.717, 1.165) is 36.6 Å². The Bertz CT molecular complexity index is 917. The maximum Gasteiger partial charge on any atom is 0.250 e. The van der Waals surface area contributed by atoms with Crippen molar-refractivity contribution >= 4 is 40.7 Å². The van der Waals surface area contributed by atoms with Crippen molar-refractivity contribution in [2.75, 3.05) is 13.1 Å². The Kier molecular flexibility index (Phi) is 4.74. The molecule has 2 aliphatic heterocycles. The highest BCUT2D eigenvalue weighted by molar-refractivity contribution is 7.80. The summed E-state index contributed by atoms with van der Waals surface area (Å²) < 4.78 is 1.89. The molecule has 7 heteroatoms. The average molecular weight is 386 g/mol. The van der Waals surface area contributed by atoms with Gasteiger partial charge in [0, 0.05) is 48.3 Å². The lowest BCUT2D eigenvalue weighted by Crippen LogP contribution is -2.52. The smallest absolute Gasteiger partial charge is 0.250 e. The van der Waals surface area contributed by atoms with Crippen LogP contribution in [0.15, 0.2) is 46.6 Å². The van der Waals surface area contributed by atoms with Gasteiger partial charge in [-0.3, -0.25) is 14.9 Å². The summed E-state index contributed by atoms with van der Waals surface area (Å²) in [7, 11) is 0. The summed E-state index contributed by atoms with van der Waals surface area (Å²) in [5, 5.41) is 5.24. The number of piperidine rings is 1. The Labute approximate surface area is 160 Å². The molecule has 0 saturated carbocycles. The summed E-state index contributed by atoms with van der Waals surface area (Å²) in [6, 6.07) is 9.37. The van der Waals surface area contributed by atoms with Gasteiger partial charge >= 0.3 is 0 Å². The van der Waals surface area contributed by atoms with Crippen LogP contribution in [0.4, 0.5) is 0 Å². The number of carbonyl (C=O) groups excluding carboxylic acids is 1. The number of carbonyl (C=O) groups is 1. The zero-order valence-electron chi connectivity index (χ0n) is 14.1. The molecule has 2 aromatic heterocycles. The molecule has 2 aliphatic rings. The molecule has 2 bridgehead atoms. The van der Waals surface area contributed by atoms with Gasteiger partial charge in [0.2, 0.25) is 5.91 Å². The van der Waals surface area contributed by atoms with Crippen LogP contribution in [0.3, 0.4) is 0 Å². The molecule has 0 aromatic carbocycles. The third-order valence-electron chi connectivity index (χ3n) is 4.94. The van der Waals surface area contributed by atoms with Crippen molar-refractivity contribution in [2.45, 2.75) is 18.9 Å². The average Bonchev–Trinajstić information content (AvgIpc) is 3.14. The second kappa shape index (κ2) is 7.17.